The molecule has 0 aliphatic heterocycles. The molecule has 5 nitrogen and oxygen atoms in total. The summed E-state index contributed by atoms with van der Waals surface area (Å²) in [5, 5.41) is 11.8. The number of carbonyl (C=O) groups is 1. The van der Waals surface area contributed by atoms with Crippen molar-refractivity contribution in [2.24, 2.45) is 0 Å². The Kier molecular flexibility index (Phi) is 7.56. The number of carboxylic acids is 1. The minimum atomic E-state index is -0.996. The second kappa shape index (κ2) is 11.0. The van der Waals surface area contributed by atoms with Gasteiger partial charge in [0.15, 0.2) is 11.5 Å². The zero-order chi connectivity index (χ0) is 24.8. The first kappa shape index (κ1) is 24.1. The first-order valence-corrected chi connectivity index (χ1v) is 11.6. The predicted molar refractivity (Wildman–Crippen MR) is 138 cm³/mol. The van der Waals surface area contributed by atoms with Crippen molar-refractivity contribution in [2.75, 3.05) is 21.3 Å². The van der Waals surface area contributed by atoms with Crippen LogP contribution in [0.4, 0.5) is 0 Å². The van der Waals surface area contributed by atoms with Gasteiger partial charge in [0.2, 0.25) is 0 Å². The Hall–Kier alpha value is -3.99. The van der Waals surface area contributed by atoms with E-state index in [1.54, 1.807) is 26.4 Å². The van der Waals surface area contributed by atoms with Crippen LogP contribution < -0.4 is 14.2 Å². The van der Waals surface area contributed by atoms with E-state index >= 15 is 0 Å². The fourth-order valence-corrected chi connectivity index (χ4v) is 4.45. The average molecular weight is 471 g/mol. The van der Waals surface area contributed by atoms with Crippen molar-refractivity contribution in [1.29, 1.82) is 0 Å². The molecule has 0 spiro atoms. The predicted octanol–water partition coefficient (Wildman–Crippen LogP) is 6.13. The third-order valence-corrected chi connectivity index (χ3v) is 6.38. The number of aryl methyl sites for hydroxylation is 4. The number of ether oxygens (including phenoxy) is 3. The fraction of sp³-hybridized carbons (Fsp3) is 0.233. The van der Waals surface area contributed by atoms with Crippen LogP contribution >= 0.6 is 0 Å². The SMILES string of the molecule is COc1cc(CCc2ccc(C(=O)O)c(OC)c2)c(CCc2ccc3ccccc3c2)cc1OC. The summed E-state index contributed by atoms with van der Waals surface area (Å²) in [5.41, 5.74) is 4.87. The molecule has 0 aromatic heterocycles. The van der Waals surface area contributed by atoms with Gasteiger partial charge in [0, 0.05) is 0 Å². The summed E-state index contributed by atoms with van der Waals surface area (Å²) in [4.78, 5) is 11.4. The lowest BCUT2D eigenvalue weighted by Gasteiger charge is -2.16. The molecule has 180 valence electrons. The van der Waals surface area contributed by atoms with E-state index in [1.165, 1.54) is 34.6 Å². The van der Waals surface area contributed by atoms with Gasteiger partial charge in [-0.05, 0) is 83.0 Å². The van der Waals surface area contributed by atoms with E-state index in [0.717, 1.165) is 37.0 Å². The molecule has 4 aromatic carbocycles. The van der Waals surface area contributed by atoms with Crippen molar-refractivity contribution in [3.63, 3.8) is 0 Å². The molecule has 4 rings (SSSR count). The molecule has 0 amide bonds. The molecule has 0 fully saturated rings. The molecule has 5 heteroatoms. The van der Waals surface area contributed by atoms with Crippen molar-refractivity contribution in [3.05, 3.63) is 101 Å². The zero-order valence-electron chi connectivity index (χ0n) is 20.3. The van der Waals surface area contributed by atoms with E-state index in [1.807, 2.05) is 6.07 Å². The molecule has 0 aliphatic rings. The Labute approximate surface area is 205 Å². The van der Waals surface area contributed by atoms with Crippen LogP contribution in [-0.2, 0) is 25.7 Å². The van der Waals surface area contributed by atoms with E-state index in [4.69, 9.17) is 14.2 Å². The summed E-state index contributed by atoms with van der Waals surface area (Å²) in [7, 11) is 4.79. The smallest absolute Gasteiger partial charge is 0.339 e. The standard InChI is InChI=1S/C30H30O5/c1-33-27-17-21(11-15-26(27)30(31)32)10-14-25-19-29(35-3)28(34-2)18-24(25)13-9-20-8-12-22-6-4-5-7-23(22)16-20/h4-8,11-12,15-19H,9-10,13-14H2,1-3H3,(H,31,32). The quantitative estimate of drug-likeness (QED) is 0.302. The molecule has 0 saturated heterocycles. The highest BCUT2D eigenvalue weighted by Gasteiger charge is 2.14. The van der Waals surface area contributed by atoms with Crippen LogP contribution in [0.15, 0.2) is 72.8 Å². The van der Waals surface area contributed by atoms with Crippen LogP contribution in [-0.4, -0.2) is 32.4 Å². The lowest BCUT2D eigenvalue weighted by Crippen LogP contribution is -2.04. The van der Waals surface area contributed by atoms with E-state index in [2.05, 4.69) is 54.6 Å². The van der Waals surface area contributed by atoms with Crippen LogP contribution in [0, 0.1) is 0 Å². The maximum Gasteiger partial charge on any atom is 0.339 e. The number of benzene rings is 4. The Morgan fingerprint density at radius 2 is 1.17 bits per heavy atom. The van der Waals surface area contributed by atoms with Gasteiger partial charge in [0.25, 0.3) is 0 Å². The summed E-state index contributed by atoms with van der Waals surface area (Å²) >= 11 is 0. The van der Waals surface area contributed by atoms with Gasteiger partial charge in [-0.15, -0.1) is 0 Å². The molecule has 0 aliphatic carbocycles. The number of aromatic carboxylic acids is 1. The Balaban J connectivity index is 1.57. The molecular formula is C30H30O5. The first-order valence-electron chi connectivity index (χ1n) is 11.6. The number of hydrogen-bond acceptors (Lipinski definition) is 4. The van der Waals surface area contributed by atoms with Crippen molar-refractivity contribution < 1.29 is 24.1 Å². The molecule has 0 atom stereocenters. The highest BCUT2D eigenvalue weighted by Crippen LogP contribution is 2.32. The molecule has 1 N–H and O–H groups in total. The van der Waals surface area contributed by atoms with Crippen molar-refractivity contribution in [2.45, 2.75) is 25.7 Å². The van der Waals surface area contributed by atoms with Crippen molar-refractivity contribution >= 4 is 16.7 Å². The van der Waals surface area contributed by atoms with Crippen molar-refractivity contribution in [3.8, 4) is 17.2 Å². The van der Waals surface area contributed by atoms with Gasteiger partial charge in [-0.3, -0.25) is 0 Å². The second-order valence-corrected chi connectivity index (χ2v) is 8.50. The molecule has 35 heavy (non-hydrogen) atoms. The van der Waals surface area contributed by atoms with Crippen LogP contribution in [0.1, 0.15) is 32.6 Å². The Morgan fingerprint density at radius 3 is 1.74 bits per heavy atom. The van der Waals surface area contributed by atoms with Gasteiger partial charge in [0.05, 0.1) is 21.3 Å². The number of rotatable bonds is 10. The summed E-state index contributed by atoms with van der Waals surface area (Å²) < 4.78 is 16.4. The number of methoxy groups -OCH3 is 3. The minimum Gasteiger partial charge on any atom is -0.496 e. The zero-order valence-corrected chi connectivity index (χ0v) is 20.3. The second-order valence-electron chi connectivity index (χ2n) is 8.50. The third kappa shape index (κ3) is 5.57. The highest BCUT2D eigenvalue weighted by atomic mass is 16.5. The number of hydrogen-bond donors (Lipinski definition) is 1. The molecule has 0 radical (unpaired) electrons. The Bertz CT molecular complexity index is 1340. The molecule has 4 aromatic rings. The van der Waals surface area contributed by atoms with Gasteiger partial charge in [-0.2, -0.15) is 0 Å². The van der Waals surface area contributed by atoms with E-state index in [0.29, 0.717) is 11.5 Å². The Morgan fingerprint density at radius 1 is 0.629 bits per heavy atom. The summed E-state index contributed by atoms with van der Waals surface area (Å²) in [6, 6.07) is 24.4. The highest BCUT2D eigenvalue weighted by molar-refractivity contribution is 5.91. The normalized spacial score (nSPS) is 10.8. The maximum absolute atomic E-state index is 11.4. The van der Waals surface area contributed by atoms with Crippen LogP contribution in [0.2, 0.25) is 0 Å². The molecule has 0 bridgehead atoms. The number of fused-ring (bicyclic) bond motifs is 1. The van der Waals surface area contributed by atoms with Gasteiger partial charge >= 0.3 is 5.97 Å². The van der Waals surface area contributed by atoms with Gasteiger partial charge in [-0.1, -0.05) is 48.5 Å². The minimum absolute atomic E-state index is 0.165. The average Bonchev–Trinajstić information content (AvgIpc) is 2.90. The summed E-state index contributed by atoms with van der Waals surface area (Å²) in [6.07, 6.45) is 3.31. The van der Waals surface area contributed by atoms with Crippen LogP contribution in [0.3, 0.4) is 0 Å². The molecule has 0 heterocycles. The number of carboxylic acid groups (broad SMARTS) is 1. The largest absolute Gasteiger partial charge is 0.496 e. The maximum atomic E-state index is 11.4. The van der Waals surface area contributed by atoms with Crippen molar-refractivity contribution in [1.82, 2.24) is 0 Å². The fourth-order valence-electron chi connectivity index (χ4n) is 4.45. The summed E-state index contributed by atoms with van der Waals surface area (Å²) in [6.45, 7) is 0. The molecular weight excluding hydrogens is 440 g/mol. The third-order valence-electron chi connectivity index (χ3n) is 6.38. The monoisotopic (exact) mass is 470 g/mol. The lowest BCUT2D eigenvalue weighted by atomic mass is 9.94. The first-order chi connectivity index (χ1) is 17.0. The van der Waals surface area contributed by atoms with Gasteiger partial charge in [-0.25, -0.2) is 4.79 Å². The van der Waals surface area contributed by atoms with Crippen LogP contribution in [0.5, 0.6) is 17.2 Å². The van der Waals surface area contributed by atoms with Gasteiger partial charge in [0.1, 0.15) is 11.3 Å². The van der Waals surface area contributed by atoms with Crippen LogP contribution in [0.25, 0.3) is 10.8 Å². The molecule has 0 saturated carbocycles. The lowest BCUT2D eigenvalue weighted by molar-refractivity contribution is 0.0693. The topological polar surface area (TPSA) is 65.0 Å². The summed E-state index contributed by atoms with van der Waals surface area (Å²) in [5.74, 6) is 0.802. The van der Waals surface area contributed by atoms with E-state index < -0.39 is 5.97 Å². The van der Waals surface area contributed by atoms with Gasteiger partial charge < -0.3 is 19.3 Å². The molecule has 0 unspecified atom stereocenters. The van der Waals surface area contributed by atoms with E-state index in [9.17, 15) is 9.90 Å². The van der Waals surface area contributed by atoms with E-state index in [-0.39, 0.29) is 5.56 Å².